The molecule has 4 aliphatic carbocycles. The Morgan fingerprint density at radius 2 is 1.78 bits per heavy atom. The standard InChI is InChI=1S/C21H32O.ClH/c1-14(22)17-9-10-18-16-8-7-15-6-4-5-12-20(15,2)19(16)11-13-21(17,18)3;/h5,12,15-19H,4,6-11,13H2,1-3H3;1H/t15?,16-,17+,18-,19-,20-,21+;/m0./s1. The van der Waals surface area contributed by atoms with Crippen molar-refractivity contribution in [3.05, 3.63) is 12.2 Å². The van der Waals surface area contributed by atoms with Gasteiger partial charge in [-0.05, 0) is 92.8 Å². The molecule has 1 unspecified atom stereocenters. The smallest absolute Gasteiger partial charge is 0.133 e. The molecule has 3 saturated carbocycles. The van der Waals surface area contributed by atoms with Crippen LogP contribution in [0.5, 0.6) is 0 Å². The van der Waals surface area contributed by atoms with Gasteiger partial charge >= 0.3 is 0 Å². The summed E-state index contributed by atoms with van der Waals surface area (Å²) < 4.78 is 0. The molecule has 0 aromatic carbocycles. The number of fused-ring (bicyclic) bond motifs is 5. The van der Waals surface area contributed by atoms with E-state index in [1.807, 2.05) is 6.92 Å². The van der Waals surface area contributed by atoms with E-state index in [9.17, 15) is 4.79 Å². The molecule has 130 valence electrons. The predicted octanol–water partition coefficient (Wildman–Crippen LogP) is 5.82. The SMILES string of the molecule is CC(=O)[C@H]1CC[C@H]2[C@@H]3CCC4CCC=C[C@]4(C)[C@H]3CC[C@]12C.Cl. The lowest BCUT2D eigenvalue weighted by atomic mass is 9.46. The number of ketones is 1. The molecular weight excluding hydrogens is 304 g/mol. The number of carbonyl (C=O) groups excluding carboxylic acids is 1. The molecule has 0 aliphatic heterocycles. The molecule has 4 aliphatic rings. The third-order valence-corrected chi connectivity index (χ3v) is 8.61. The largest absolute Gasteiger partial charge is 0.300 e. The Morgan fingerprint density at radius 1 is 1.00 bits per heavy atom. The molecule has 4 rings (SSSR count). The van der Waals surface area contributed by atoms with Gasteiger partial charge in [0, 0.05) is 5.92 Å². The van der Waals surface area contributed by atoms with Crippen LogP contribution in [-0.4, -0.2) is 5.78 Å². The minimum absolute atomic E-state index is 0. The summed E-state index contributed by atoms with van der Waals surface area (Å²) in [4.78, 5) is 12.1. The van der Waals surface area contributed by atoms with Crippen molar-refractivity contribution < 1.29 is 4.79 Å². The summed E-state index contributed by atoms with van der Waals surface area (Å²) in [6.45, 7) is 6.86. The van der Waals surface area contributed by atoms with Crippen LogP contribution in [0.25, 0.3) is 0 Å². The summed E-state index contributed by atoms with van der Waals surface area (Å²) in [7, 11) is 0. The van der Waals surface area contributed by atoms with Crippen molar-refractivity contribution in [2.24, 2.45) is 40.4 Å². The molecule has 0 aromatic rings. The van der Waals surface area contributed by atoms with Gasteiger partial charge in [-0.3, -0.25) is 4.79 Å². The summed E-state index contributed by atoms with van der Waals surface area (Å²) in [5.74, 6) is 4.31. The first-order valence-electron chi connectivity index (χ1n) is 9.65. The quantitative estimate of drug-likeness (QED) is 0.551. The van der Waals surface area contributed by atoms with E-state index in [1.165, 1.54) is 44.9 Å². The number of Topliss-reactive ketones (excluding diaryl/α,β-unsaturated/α-hetero) is 1. The summed E-state index contributed by atoms with van der Waals surface area (Å²) in [6, 6.07) is 0. The predicted molar refractivity (Wildman–Crippen MR) is 97.7 cm³/mol. The lowest BCUT2D eigenvalue weighted by Gasteiger charge is -2.59. The molecule has 0 radical (unpaired) electrons. The minimum Gasteiger partial charge on any atom is -0.300 e. The van der Waals surface area contributed by atoms with E-state index < -0.39 is 0 Å². The van der Waals surface area contributed by atoms with Gasteiger partial charge in [0.25, 0.3) is 0 Å². The fraction of sp³-hybridized carbons (Fsp3) is 0.857. The van der Waals surface area contributed by atoms with E-state index in [2.05, 4.69) is 26.0 Å². The second-order valence-electron chi connectivity index (χ2n) is 9.28. The van der Waals surface area contributed by atoms with Crippen LogP contribution in [0.3, 0.4) is 0 Å². The van der Waals surface area contributed by atoms with E-state index in [0.29, 0.717) is 22.5 Å². The van der Waals surface area contributed by atoms with Crippen LogP contribution in [0.15, 0.2) is 12.2 Å². The van der Waals surface area contributed by atoms with Crippen molar-refractivity contribution in [2.45, 2.75) is 72.1 Å². The van der Waals surface area contributed by atoms with Gasteiger partial charge < -0.3 is 0 Å². The van der Waals surface area contributed by atoms with Crippen LogP contribution >= 0.6 is 12.4 Å². The summed E-state index contributed by atoms with van der Waals surface area (Å²) in [6.07, 6.45) is 15.8. The Bertz CT molecular complexity index is 512. The molecule has 23 heavy (non-hydrogen) atoms. The molecule has 0 saturated heterocycles. The van der Waals surface area contributed by atoms with Crippen LogP contribution in [0.2, 0.25) is 0 Å². The monoisotopic (exact) mass is 336 g/mol. The normalized spacial score (nSPS) is 51.2. The molecule has 7 atom stereocenters. The minimum atomic E-state index is 0. The fourth-order valence-electron chi connectivity index (χ4n) is 7.49. The first-order chi connectivity index (χ1) is 10.5. The van der Waals surface area contributed by atoms with Gasteiger partial charge in [-0.25, -0.2) is 0 Å². The van der Waals surface area contributed by atoms with Crippen LogP contribution in [0, 0.1) is 40.4 Å². The zero-order valence-corrected chi connectivity index (χ0v) is 15.8. The average molecular weight is 337 g/mol. The van der Waals surface area contributed by atoms with Gasteiger partial charge in [-0.15, -0.1) is 12.4 Å². The van der Waals surface area contributed by atoms with Gasteiger partial charge in [0.05, 0.1) is 0 Å². The van der Waals surface area contributed by atoms with Crippen molar-refractivity contribution in [1.29, 1.82) is 0 Å². The molecule has 1 nitrogen and oxygen atoms in total. The number of hydrogen-bond donors (Lipinski definition) is 0. The Balaban J connectivity index is 0.00000156. The Morgan fingerprint density at radius 3 is 2.52 bits per heavy atom. The average Bonchev–Trinajstić information content (AvgIpc) is 2.84. The van der Waals surface area contributed by atoms with Gasteiger partial charge in [-0.2, -0.15) is 0 Å². The van der Waals surface area contributed by atoms with Crippen molar-refractivity contribution in [3.63, 3.8) is 0 Å². The highest BCUT2D eigenvalue weighted by Gasteiger charge is 2.59. The number of halogens is 1. The van der Waals surface area contributed by atoms with Gasteiger partial charge in [-0.1, -0.05) is 26.0 Å². The fourth-order valence-corrected chi connectivity index (χ4v) is 7.49. The molecule has 0 bridgehead atoms. The summed E-state index contributed by atoms with van der Waals surface area (Å²) >= 11 is 0. The van der Waals surface area contributed by atoms with E-state index in [-0.39, 0.29) is 12.4 Å². The second-order valence-corrected chi connectivity index (χ2v) is 9.28. The third kappa shape index (κ3) is 2.36. The van der Waals surface area contributed by atoms with Gasteiger partial charge in [0.1, 0.15) is 5.78 Å². The number of hydrogen-bond acceptors (Lipinski definition) is 1. The van der Waals surface area contributed by atoms with Crippen molar-refractivity contribution in [2.75, 3.05) is 0 Å². The van der Waals surface area contributed by atoms with Crippen LogP contribution in [0.1, 0.15) is 72.1 Å². The van der Waals surface area contributed by atoms with Crippen molar-refractivity contribution in [1.82, 2.24) is 0 Å². The molecule has 0 amide bonds. The number of rotatable bonds is 1. The van der Waals surface area contributed by atoms with E-state index >= 15 is 0 Å². The van der Waals surface area contributed by atoms with E-state index in [0.717, 1.165) is 30.1 Å². The maximum absolute atomic E-state index is 12.1. The lowest BCUT2D eigenvalue weighted by molar-refractivity contribution is -0.129. The highest BCUT2D eigenvalue weighted by Crippen LogP contribution is 2.66. The first kappa shape index (κ1) is 17.5. The Kier molecular flexibility index (Phi) is 4.49. The van der Waals surface area contributed by atoms with E-state index in [4.69, 9.17) is 0 Å². The molecule has 0 spiro atoms. The first-order valence-corrected chi connectivity index (χ1v) is 9.65. The summed E-state index contributed by atoms with van der Waals surface area (Å²) in [5.41, 5.74) is 0.769. The molecule has 0 aromatic heterocycles. The topological polar surface area (TPSA) is 17.1 Å². The highest BCUT2D eigenvalue weighted by molar-refractivity contribution is 5.85. The van der Waals surface area contributed by atoms with Crippen LogP contribution < -0.4 is 0 Å². The zero-order valence-electron chi connectivity index (χ0n) is 15.0. The Hall–Kier alpha value is -0.300. The third-order valence-electron chi connectivity index (χ3n) is 8.61. The summed E-state index contributed by atoms with van der Waals surface area (Å²) in [5, 5.41) is 0. The molecule has 0 N–H and O–H groups in total. The second kappa shape index (κ2) is 5.90. The van der Waals surface area contributed by atoms with Gasteiger partial charge in [0.2, 0.25) is 0 Å². The zero-order chi connectivity index (χ0) is 15.5. The molecule has 3 fully saturated rings. The lowest BCUT2D eigenvalue weighted by Crippen LogP contribution is -2.52. The molecule has 0 heterocycles. The van der Waals surface area contributed by atoms with Crippen molar-refractivity contribution >= 4 is 18.2 Å². The molecular formula is C21H33ClO. The number of carbonyl (C=O) groups is 1. The van der Waals surface area contributed by atoms with Crippen LogP contribution in [-0.2, 0) is 4.79 Å². The maximum atomic E-state index is 12.1. The maximum Gasteiger partial charge on any atom is 0.133 e. The van der Waals surface area contributed by atoms with Crippen molar-refractivity contribution in [3.8, 4) is 0 Å². The van der Waals surface area contributed by atoms with Gasteiger partial charge in [0.15, 0.2) is 0 Å². The van der Waals surface area contributed by atoms with E-state index in [1.54, 1.807) is 0 Å². The highest BCUT2D eigenvalue weighted by atomic mass is 35.5. The number of allylic oxidation sites excluding steroid dienone is 2. The molecule has 2 heteroatoms. The Labute approximate surface area is 148 Å². The van der Waals surface area contributed by atoms with Crippen LogP contribution in [0.4, 0.5) is 0 Å².